The van der Waals surface area contributed by atoms with Gasteiger partial charge in [-0.15, -0.1) is 0 Å². The van der Waals surface area contributed by atoms with Gasteiger partial charge in [-0.3, -0.25) is 4.90 Å². The molecule has 1 atom stereocenters. The van der Waals surface area contributed by atoms with Crippen LogP contribution in [-0.2, 0) is 4.74 Å². The first kappa shape index (κ1) is 10.4. The number of rotatable bonds is 5. The minimum Gasteiger partial charge on any atom is -0.386 e. The van der Waals surface area contributed by atoms with Gasteiger partial charge in [0.25, 0.3) is 0 Å². The molecule has 1 unspecified atom stereocenters. The molecule has 1 saturated heterocycles. The molecule has 1 heterocycles. The van der Waals surface area contributed by atoms with Gasteiger partial charge in [0.05, 0.1) is 6.61 Å². The molecule has 1 aliphatic carbocycles. The third-order valence-corrected chi connectivity index (χ3v) is 3.14. The van der Waals surface area contributed by atoms with Crippen molar-refractivity contribution in [3.05, 3.63) is 0 Å². The molecule has 0 spiro atoms. The Morgan fingerprint density at radius 1 is 1.50 bits per heavy atom. The highest BCUT2D eigenvalue weighted by Gasteiger charge is 2.41. The fourth-order valence-corrected chi connectivity index (χ4v) is 2.16. The fourth-order valence-electron chi connectivity index (χ4n) is 2.16. The quantitative estimate of drug-likeness (QED) is 0.671. The molecular formula is C11H21NO2. The standard InChI is InChI=1S/C11H21NO2/c1-2-7-14-9-11(13)5-6-12(8-11)10-3-4-10/h10,13H,2-9H2,1H3. The van der Waals surface area contributed by atoms with Crippen molar-refractivity contribution in [1.82, 2.24) is 4.90 Å². The molecular weight excluding hydrogens is 178 g/mol. The first-order valence-corrected chi connectivity index (χ1v) is 5.78. The minimum absolute atomic E-state index is 0.518. The monoisotopic (exact) mass is 199 g/mol. The topological polar surface area (TPSA) is 32.7 Å². The van der Waals surface area contributed by atoms with Crippen LogP contribution in [0.1, 0.15) is 32.6 Å². The zero-order valence-corrected chi connectivity index (χ0v) is 9.04. The zero-order chi connectivity index (χ0) is 10.0. The summed E-state index contributed by atoms with van der Waals surface area (Å²) >= 11 is 0. The van der Waals surface area contributed by atoms with E-state index in [-0.39, 0.29) is 0 Å². The molecule has 1 N–H and O–H groups in total. The average molecular weight is 199 g/mol. The lowest BCUT2D eigenvalue weighted by molar-refractivity contribution is -0.0387. The van der Waals surface area contributed by atoms with E-state index in [1.807, 2.05) is 0 Å². The number of likely N-dealkylation sites (tertiary alicyclic amines) is 1. The van der Waals surface area contributed by atoms with Crippen molar-refractivity contribution < 1.29 is 9.84 Å². The van der Waals surface area contributed by atoms with Gasteiger partial charge < -0.3 is 9.84 Å². The Balaban J connectivity index is 1.73. The summed E-state index contributed by atoms with van der Waals surface area (Å²) in [5, 5.41) is 10.2. The summed E-state index contributed by atoms with van der Waals surface area (Å²) in [5.41, 5.74) is -0.558. The van der Waals surface area contributed by atoms with Gasteiger partial charge in [0, 0.05) is 25.7 Å². The van der Waals surface area contributed by atoms with Gasteiger partial charge in [0.15, 0.2) is 0 Å². The smallest absolute Gasteiger partial charge is 0.102 e. The summed E-state index contributed by atoms with van der Waals surface area (Å²) in [6.45, 7) is 5.25. The van der Waals surface area contributed by atoms with Crippen LogP contribution < -0.4 is 0 Å². The Bertz CT molecular complexity index is 194. The van der Waals surface area contributed by atoms with Gasteiger partial charge in [0.2, 0.25) is 0 Å². The number of nitrogens with zero attached hydrogens (tertiary/aromatic N) is 1. The van der Waals surface area contributed by atoms with E-state index in [4.69, 9.17) is 4.74 Å². The number of ether oxygens (including phenoxy) is 1. The van der Waals surface area contributed by atoms with E-state index in [9.17, 15) is 5.11 Å². The number of β-amino-alcohol motifs (C(OH)–C–C–N with tert-alkyl or cyclic N) is 1. The van der Waals surface area contributed by atoms with Crippen LogP contribution in [0, 0.1) is 0 Å². The molecule has 82 valence electrons. The van der Waals surface area contributed by atoms with Crippen LogP contribution >= 0.6 is 0 Å². The lowest BCUT2D eigenvalue weighted by Gasteiger charge is -2.23. The van der Waals surface area contributed by atoms with Crippen molar-refractivity contribution in [2.24, 2.45) is 0 Å². The van der Waals surface area contributed by atoms with Crippen molar-refractivity contribution in [3.8, 4) is 0 Å². The maximum Gasteiger partial charge on any atom is 0.102 e. The Kier molecular flexibility index (Phi) is 3.10. The second-order valence-electron chi connectivity index (χ2n) is 4.73. The van der Waals surface area contributed by atoms with Gasteiger partial charge in [-0.1, -0.05) is 6.92 Å². The molecule has 0 aromatic rings. The van der Waals surface area contributed by atoms with E-state index in [0.29, 0.717) is 6.61 Å². The lowest BCUT2D eigenvalue weighted by atomic mass is 10.1. The summed E-state index contributed by atoms with van der Waals surface area (Å²) < 4.78 is 5.44. The highest BCUT2D eigenvalue weighted by atomic mass is 16.5. The first-order valence-electron chi connectivity index (χ1n) is 5.78. The molecule has 3 nitrogen and oxygen atoms in total. The molecule has 2 aliphatic rings. The normalized spacial score (nSPS) is 33.9. The molecule has 0 bridgehead atoms. The van der Waals surface area contributed by atoms with Crippen molar-refractivity contribution in [1.29, 1.82) is 0 Å². The van der Waals surface area contributed by atoms with E-state index in [2.05, 4.69) is 11.8 Å². The summed E-state index contributed by atoms with van der Waals surface area (Å²) in [5.74, 6) is 0. The molecule has 2 rings (SSSR count). The Morgan fingerprint density at radius 3 is 2.93 bits per heavy atom. The maximum atomic E-state index is 10.2. The van der Waals surface area contributed by atoms with E-state index in [1.54, 1.807) is 0 Å². The molecule has 3 heteroatoms. The van der Waals surface area contributed by atoms with Crippen molar-refractivity contribution in [2.45, 2.75) is 44.2 Å². The van der Waals surface area contributed by atoms with Crippen LogP contribution in [0.3, 0.4) is 0 Å². The van der Waals surface area contributed by atoms with Crippen molar-refractivity contribution in [3.63, 3.8) is 0 Å². The van der Waals surface area contributed by atoms with Crippen LogP contribution in [0.5, 0.6) is 0 Å². The predicted octanol–water partition coefficient (Wildman–Crippen LogP) is 1.01. The van der Waals surface area contributed by atoms with Crippen LogP contribution in [0.15, 0.2) is 0 Å². The molecule has 0 aromatic heterocycles. The van der Waals surface area contributed by atoms with Crippen LogP contribution in [0.2, 0.25) is 0 Å². The Labute approximate surface area is 86.0 Å². The van der Waals surface area contributed by atoms with E-state index < -0.39 is 5.60 Å². The molecule has 0 aromatic carbocycles. The van der Waals surface area contributed by atoms with Crippen LogP contribution in [0.25, 0.3) is 0 Å². The van der Waals surface area contributed by atoms with Crippen molar-refractivity contribution in [2.75, 3.05) is 26.3 Å². The number of hydrogen-bond donors (Lipinski definition) is 1. The summed E-state index contributed by atoms with van der Waals surface area (Å²) in [4.78, 5) is 2.41. The molecule has 0 amide bonds. The second kappa shape index (κ2) is 4.17. The molecule has 0 radical (unpaired) electrons. The molecule has 1 saturated carbocycles. The minimum atomic E-state index is -0.558. The van der Waals surface area contributed by atoms with E-state index in [0.717, 1.165) is 38.6 Å². The summed E-state index contributed by atoms with van der Waals surface area (Å²) in [6, 6.07) is 0.773. The second-order valence-corrected chi connectivity index (χ2v) is 4.73. The van der Waals surface area contributed by atoms with E-state index in [1.165, 1.54) is 12.8 Å². The third-order valence-electron chi connectivity index (χ3n) is 3.14. The summed E-state index contributed by atoms with van der Waals surface area (Å²) in [7, 11) is 0. The fraction of sp³-hybridized carbons (Fsp3) is 1.00. The largest absolute Gasteiger partial charge is 0.386 e. The zero-order valence-electron chi connectivity index (χ0n) is 9.04. The van der Waals surface area contributed by atoms with Gasteiger partial charge in [-0.2, -0.15) is 0 Å². The SMILES string of the molecule is CCCOCC1(O)CCN(C2CC2)C1. The lowest BCUT2D eigenvalue weighted by Crippen LogP contribution is -2.38. The van der Waals surface area contributed by atoms with Gasteiger partial charge in [0.1, 0.15) is 5.60 Å². The maximum absolute atomic E-state index is 10.2. The van der Waals surface area contributed by atoms with Gasteiger partial charge in [-0.05, 0) is 25.7 Å². The molecule has 2 fully saturated rings. The Hall–Kier alpha value is -0.120. The summed E-state index contributed by atoms with van der Waals surface area (Å²) in [6.07, 6.45) is 4.56. The molecule has 1 aliphatic heterocycles. The number of hydrogen-bond acceptors (Lipinski definition) is 3. The third kappa shape index (κ3) is 2.47. The predicted molar refractivity (Wildman–Crippen MR) is 55.3 cm³/mol. The average Bonchev–Trinajstić information content (AvgIpc) is 2.92. The molecule has 14 heavy (non-hydrogen) atoms. The van der Waals surface area contributed by atoms with Gasteiger partial charge in [-0.25, -0.2) is 0 Å². The Morgan fingerprint density at radius 2 is 2.29 bits per heavy atom. The van der Waals surface area contributed by atoms with Gasteiger partial charge >= 0.3 is 0 Å². The highest BCUT2D eigenvalue weighted by molar-refractivity contribution is 4.96. The van der Waals surface area contributed by atoms with Crippen molar-refractivity contribution >= 4 is 0 Å². The number of aliphatic hydroxyl groups is 1. The van der Waals surface area contributed by atoms with E-state index >= 15 is 0 Å². The first-order chi connectivity index (χ1) is 6.73. The van der Waals surface area contributed by atoms with Crippen LogP contribution in [0.4, 0.5) is 0 Å². The highest BCUT2D eigenvalue weighted by Crippen LogP contribution is 2.33. The van der Waals surface area contributed by atoms with Crippen LogP contribution in [-0.4, -0.2) is 48.0 Å².